The maximum atomic E-state index is 13.7. The molecule has 3 atom stereocenters. The molecular weight excluding hydrogens is 546 g/mol. The smallest absolute Gasteiger partial charge is 0.251 e. The summed E-state index contributed by atoms with van der Waals surface area (Å²) in [6.07, 6.45) is 2.24. The second-order valence-electron chi connectivity index (χ2n) is 10.8. The summed E-state index contributed by atoms with van der Waals surface area (Å²) in [6, 6.07) is 12.6. The van der Waals surface area contributed by atoms with Crippen LogP contribution in [0.3, 0.4) is 0 Å². The summed E-state index contributed by atoms with van der Waals surface area (Å²) < 4.78 is 19.2. The quantitative estimate of drug-likeness (QED) is 0.429. The molecule has 0 spiro atoms. The van der Waals surface area contributed by atoms with Gasteiger partial charge in [0, 0.05) is 40.5 Å². The van der Waals surface area contributed by atoms with E-state index in [0.717, 1.165) is 22.3 Å². The zero-order valence-corrected chi connectivity index (χ0v) is 23.9. The molecule has 2 aliphatic rings. The van der Waals surface area contributed by atoms with Gasteiger partial charge in [0.1, 0.15) is 6.04 Å². The fourth-order valence-electron chi connectivity index (χ4n) is 5.29. The monoisotopic (exact) mass is 579 g/mol. The first-order valence-electron chi connectivity index (χ1n) is 13.7. The number of halogens is 1. The third-order valence-corrected chi connectivity index (χ3v) is 7.82. The largest absolute Gasteiger partial charge is 0.376 e. The molecule has 5 rings (SSSR count). The van der Waals surface area contributed by atoms with Crippen molar-refractivity contribution in [3.63, 3.8) is 0 Å². The third-order valence-electron chi connectivity index (χ3n) is 7.59. The lowest BCUT2D eigenvalue weighted by molar-refractivity contribution is -0.124. The highest BCUT2D eigenvalue weighted by molar-refractivity contribution is 6.30. The van der Waals surface area contributed by atoms with E-state index in [2.05, 4.69) is 19.2 Å². The van der Waals surface area contributed by atoms with Gasteiger partial charge in [-0.15, -0.1) is 0 Å². The van der Waals surface area contributed by atoms with E-state index in [1.165, 1.54) is 16.7 Å². The number of nitrogens with one attached hydrogen (secondary N) is 1. The number of carbonyl (C=O) groups excluding carboxylic acids is 2. The second-order valence-corrected chi connectivity index (χ2v) is 11.2. The van der Waals surface area contributed by atoms with Gasteiger partial charge in [0.25, 0.3) is 5.56 Å². The average molecular weight is 580 g/mol. The zero-order valence-electron chi connectivity index (χ0n) is 23.1. The minimum atomic E-state index is -0.902. The van der Waals surface area contributed by atoms with Crippen LogP contribution in [0.2, 0.25) is 5.02 Å². The van der Waals surface area contributed by atoms with Crippen LogP contribution in [-0.2, 0) is 32.0 Å². The molecule has 41 heavy (non-hydrogen) atoms. The Kier molecular flexibility index (Phi) is 8.89. The third kappa shape index (κ3) is 6.70. The number of hydrogen-bond acceptors (Lipinski definition) is 6. The van der Waals surface area contributed by atoms with E-state index >= 15 is 0 Å². The van der Waals surface area contributed by atoms with E-state index in [1.807, 2.05) is 18.2 Å². The highest BCUT2D eigenvalue weighted by Crippen LogP contribution is 2.34. The summed E-state index contributed by atoms with van der Waals surface area (Å²) >= 11 is 6.39. The lowest BCUT2D eigenvalue weighted by Crippen LogP contribution is -2.39. The molecule has 1 fully saturated rings. The molecule has 3 N–H and O–H groups in total. The molecular formula is C31H34ClN3O6. The van der Waals surface area contributed by atoms with Crippen LogP contribution in [0.5, 0.6) is 0 Å². The van der Waals surface area contributed by atoms with Crippen molar-refractivity contribution < 1.29 is 23.8 Å². The number of nitrogens with zero attached hydrogens (tertiary/aromatic N) is 1. The van der Waals surface area contributed by atoms with Crippen LogP contribution in [0.4, 0.5) is 5.69 Å². The Hall–Kier alpha value is -3.50. The van der Waals surface area contributed by atoms with Crippen LogP contribution in [0, 0.1) is 5.92 Å². The van der Waals surface area contributed by atoms with Gasteiger partial charge in [-0.1, -0.05) is 31.5 Å². The Morgan fingerprint density at radius 3 is 2.49 bits per heavy atom. The van der Waals surface area contributed by atoms with Gasteiger partial charge in [0.15, 0.2) is 0 Å². The molecule has 2 aliphatic heterocycles. The molecule has 2 aromatic carbocycles. The van der Waals surface area contributed by atoms with Crippen molar-refractivity contribution in [1.82, 2.24) is 4.57 Å². The number of benzene rings is 2. The standard InChI is InChI=1S/C31H34ClN3O6/c1-18(2)28-11-20-3-6-22(32)12-25(20)26-14-29(36)35(15-21(26)16-41-28)27(13-24-17-39-9-10-40-24)31(38)34-23-7-4-19(5-8-23)30(33)37/h3-8,12,14-15,18,24,27-28H,9-11,13,16-17H2,1-2H3,(H2,33,37)(H,34,38)/t24-,27+,28?/m1/s1. The maximum Gasteiger partial charge on any atom is 0.251 e. The first-order valence-corrected chi connectivity index (χ1v) is 14.1. The number of rotatable bonds is 7. The Labute approximate surface area is 243 Å². The van der Waals surface area contributed by atoms with Gasteiger partial charge in [0.2, 0.25) is 11.8 Å². The SMILES string of the molecule is CC(C)C1Cc2ccc(Cl)cc2-c2cc(=O)n([C@@H](C[C@@H]3COCCO3)C(=O)Nc3ccc(C(N)=O)cc3)cc2CO1. The summed E-state index contributed by atoms with van der Waals surface area (Å²) in [7, 11) is 0. The van der Waals surface area contributed by atoms with E-state index in [0.29, 0.717) is 42.5 Å². The van der Waals surface area contributed by atoms with Crippen LogP contribution < -0.4 is 16.6 Å². The number of nitrogens with two attached hydrogens (primary N) is 1. The van der Waals surface area contributed by atoms with E-state index in [1.54, 1.807) is 24.4 Å². The van der Waals surface area contributed by atoms with Gasteiger partial charge in [-0.2, -0.15) is 0 Å². The van der Waals surface area contributed by atoms with E-state index in [-0.39, 0.29) is 36.7 Å². The number of primary amides is 1. The molecule has 3 heterocycles. The van der Waals surface area contributed by atoms with Gasteiger partial charge >= 0.3 is 0 Å². The van der Waals surface area contributed by atoms with E-state index in [4.69, 9.17) is 31.5 Å². The molecule has 0 radical (unpaired) electrons. The van der Waals surface area contributed by atoms with Crippen LogP contribution in [0.25, 0.3) is 11.1 Å². The number of ether oxygens (including phenoxy) is 3. The molecule has 1 saturated heterocycles. The number of hydrogen-bond donors (Lipinski definition) is 2. The van der Waals surface area contributed by atoms with Gasteiger partial charge in [-0.3, -0.25) is 14.4 Å². The van der Waals surface area contributed by atoms with E-state index in [9.17, 15) is 14.4 Å². The lowest BCUT2D eigenvalue weighted by atomic mass is 9.89. The molecule has 10 heteroatoms. The van der Waals surface area contributed by atoms with Crippen molar-refractivity contribution in [2.24, 2.45) is 11.7 Å². The second kappa shape index (κ2) is 12.6. The van der Waals surface area contributed by atoms with Crippen LogP contribution in [0.1, 0.15) is 47.8 Å². The zero-order chi connectivity index (χ0) is 29.1. The molecule has 0 aliphatic carbocycles. The fraction of sp³-hybridized carbons (Fsp3) is 0.387. The highest BCUT2D eigenvalue weighted by Gasteiger charge is 2.30. The van der Waals surface area contributed by atoms with Gasteiger partial charge in [0.05, 0.1) is 38.6 Å². The first-order chi connectivity index (χ1) is 19.7. The molecule has 2 amide bonds. The number of amides is 2. The summed E-state index contributed by atoms with van der Waals surface area (Å²) in [5.41, 5.74) is 9.26. The predicted molar refractivity (Wildman–Crippen MR) is 156 cm³/mol. The first kappa shape index (κ1) is 29.0. The minimum Gasteiger partial charge on any atom is -0.376 e. The van der Waals surface area contributed by atoms with Crippen molar-refractivity contribution in [3.05, 3.63) is 86.8 Å². The Morgan fingerprint density at radius 1 is 1.05 bits per heavy atom. The van der Waals surface area contributed by atoms with Crippen molar-refractivity contribution in [3.8, 4) is 11.1 Å². The Bertz CT molecular complexity index is 1480. The van der Waals surface area contributed by atoms with Gasteiger partial charge < -0.3 is 29.8 Å². The topological polar surface area (TPSA) is 122 Å². The molecule has 9 nitrogen and oxygen atoms in total. The van der Waals surface area contributed by atoms with Crippen LogP contribution >= 0.6 is 11.6 Å². The minimum absolute atomic E-state index is 0.0290. The Balaban J connectivity index is 1.54. The Morgan fingerprint density at radius 2 is 1.80 bits per heavy atom. The molecule has 3 aromatic rings. The van der Waals surface area contributed by atoms with Crippen LogP contribution in [-0.4, -0.2) is 48.4 Å². The van der Waals surface area contributed by atoms with Crippen LogP contribution in [0.15, 0.2) is 59.5 Å². The number of anilines is 1. The maximum absolute atomic E-state index is 13.7. The molecule has 1 aromatic heterocycles. The van der Waals surface area contributed by atoms with Gasteiger partial charge in [-0.05, 0) is 65.4 Å². The molecule has 216 valence electrons. The van der Waals surface area contributed by atoms with E-state index < -0.39 is 17.9 Å². The average Bonchev–Trinajstić information content (AvgIpc) is 2.95. The lowest BCUT2D eigenvalue weighted by Gasteiger charge is -2.30. The predicted octanol–water partition coefficient (Wildman–Crippen LogP) is 4.35. The van der Waals surface area contributed by atoms with Crippen molar-refractivity contribution >= 4 is 29.1 Å². The number of aromatic nitrogens is 1. The summed E-state index contributed by atoms with van der Waals surface area (Å²) in [5.74, 6) is -0.690. The van der Waals surface area contributed by atoms with Gasteiger partial charge in [-0.25, -0.2) is 0 Å². The number of fused-ring (bicyclic) bond motifs is 3. The summed E-state index contributed by atoms with van der Waals surface area (Å²) in [4.78, 5) is 38.9. The molecule has 0 saturated carbocycles. The summed E-state index contributed by atoms with van der Waals surface area (Å²) in [5, 5.41) is 3.45. The summed E-state index contributed by atoms with van der Waals surface area (Å²) in [6.45, 7) is 5.72. The van der Waals surface area contributed by atoms with Crippen molar-refractivity contribution in [2.45, 2.75) is 51.5 Å². The number of carbonyl (C=O) groups is 2. The molecule has 1 unspecified atom stereocenters. The normalized spacial score (nSPS) is 19.4. The molecule has 0 bridgehead atoms. The van der Waals surface area contributed by atoms with Crippen molar-refractivity contribution in [1.29, 1.82) is 0 Å². The van der Waals surface area contributed by atoms with Crippen molar-refractivity contribution in [2.75, 3.05) is 25.1 Å². The fourth-order valence-corrected chi connectivity index (χ4v) is 5.46. The number of pyridine rings is 1. The highest BCUT2D eigenvalue weighted by atomic mass is 35.5.